The number of amidine groups is 1. The Balaban J connectivity index is 1.34. The molecule has 8 heteroatoms. The topological polar surface area (TPSA) is 98.9 Å². The quantitative estimate of drug-likeness (QED) is 0.236. The van der Waals surface area contributed by atoms with Gasteiger partial charge in [-0.25, -0.2) is 0 Å². The smallest absolute Gasteiger partial charge is 0.264 e. The van der Waals surface area contributed by atoms with Crippen LogP contribution in [0.25, 0.3) is 11.4 Å². The van der Waals surface area contributed by atoms with E-state index in [0.717, 1.165) is 22.6 Å². The van der Waals surface area contributed by atoms with Crippen LogP contribution >= 0.6 is 11.8 Å². The van der Waals surface area contributed by atoms with Gasteiger partial charge in [0.15, 0.2) is 11.8 Å². The molecule has 3 aromatic carbocycles. The molecule has 1 heterocycles. The minimum Gasteiger partial charge on any atom is -0.484 e. The van der Waals surface area contributed by atoms with Crippen LogP contribution in [0.3, 0.4) is 0 Å². The monoisotopic (exact) mass is 443 g/mol. The predicted octanol–water partition coefficient (Wildman–Crippen LogP) is 4.90. The summed E-state index contributed by atoms with van der Waals surface area (Å²) in [5, 5.41) is 12.6. The Hall–Kier alpha value is -3.91. The Labute approximate surface area is 190 Å². The number of nitrogens with zero attached hydrogens (tertiary/aromatic N) is 4. The molecular formula is C24H21N5O2S. The number of hydrogen-bond donors (Lipinski definition) is 1. The van der Waals surface area contributed by atoms with Crippen LogP contribution in [-0.4, -0.2) is 21.5 Å². The van der Waals surface area contributed by atoms with E-state index in [-0.39, 0.29) is 6.61 Å². The summed E-state index contributed by atoms with van der Waals surface area (Å²) in [5.74, 6) is 2.37. The van der Waals surface area contributed by atoms with Crippen molar-refractivity contribution in [3.8, 4) is 17.1 Å². The minimum absolute atomic E-state index is 0.201. The second-order valence-corrected chi connectivity index (χ2v) is 7.69. The Kier molecular flexibility index (Phi) is 7.28. The van der Waals surface area contributed by atoms with Gasteiger partial charge >= 0.3 is 0 Å². The first kappa shape index (κ1) is 21.3. The van der Waals surface area contributed by atoms with E-state index in [9.17, 15) is 0 Å². The van der Waals surface area contributed by atoms with Crippen LogP contribution in [0.4, 0.5) is 0 Å². The predicted molar refractivity (Wildman–Crippen MR) is 127 cm³/mol. The van der Waals surface area contributed by atoms with Crippen molar-refractivity contribution in [1.29, 1.82) is 0 Å². The number of rotatable bonds is 8. The van der Waals surface area contributed by atoms with Crippen LogP contribution in [0.5, 0.6) is 5.75 Å². The van der Waals surface area contributed by atoms with Gasteiger partial charge in [0.05, 0.1) is 6.21 Å². The number of nitrogens with two attached hydrogens (primary N) is 1. The van der Waals surface area contributed by atoms with E-state index < -0.39 is 0 Å². The molecule has 4 aromatic rings. The van der Waals surface area contributed by atoms with Crippen molar-refractivity contribution in [2.45, 2.75) is 12.4 Å². The zero-order valence-corrected chi connectivity index (χ0v) is 18.0. The van der Waals surface area contributed by atoms with Gasteiger partial charge in [-0.05, 0) is 29.3 Å². The molecule has 0 amide bonds. The number of hydrogen-bond acceptors (Lipinski definition) is 7. The lowest BCUT2D eigenvalue weighted by Crippen LogP contribution is -2.05. The van der Waals surface area contributed by atoms with Crippen molar-refractivity contribution >= 4 is 23.1 Å². The normalized spacial score (nSPS) is 11.7. The summed E-state index contributed by atoms with van der Waals surface area (Å²) in [6.07, 6.45) is 1.64. The molecule has 0 bridgehead atoms. The number of para-hydroxylation sites is 1. The SMILES string of the molecule is NC(=NN=Cc1cccc(-c2noc(COc3ccccc3)n2)c1)SCc1ccccc1. The third-order valence-electron chi connectivity index (χ3n) is 4.31. The molecule has 32 heavy (non-hydrogen) atoms. The molecule has 0 radical (unpaired) electrons. The average Bonchev–Trinajstić information content (AvgIpc) is 3.32. The van der Waals surface area contributed by atoms with Crippen LogP contribution in [-0.2, 0) is 12.4 Å². The third-order valence-corrected chi connectivity index (χ3v) is 5.17. The highest BCUT2D eigenvalue weighted by Gasteiger charge is 2.09. The standard InChI is InChI=1S/C24H21N5O2S/c25-24(32-17-18-8-3-1-4-9-18)28-26-15-19-10-7-11-20(14-19)23-27-22(31-29-23)16-30-21-12-5-2-6-13-21/h1-15H,16-17H2,(H2,25,28). The van der Waals surface area contributed by atoms with Crippen molar-refractivity contribution in [3.05, 3.63) is 102 Å². The van der Waals surface area contributed by atoms with Gasteiger partial charge in [-0.3, -0.25) is 0 Å². The van der Waals surface area contributed by atoms with Crippen LogP contribution in [0.1, 0.15) is 17.0 Å². The van der Waals surface area contributed by atoms with Gasteiger partial charge in [0, 0.05) is 11.3 Å². The molecule has 0 fully saturated rings. The maximum Gasteiger partial charge on any atom is 0.264 e. The second-order valence-electron chi connectivity index (χ2n) is 6.70. The number of aromatic nitrogens is 2. The fourth-order valence-corrected chi connectivity index (χ4v) is 3.38. The maximum atomic E-state index is 5.93. The van der Waals surface area contributed by atoms with Gasteiger partial charge in [-0.15, -0.1) is 5.10 Å². The molecule has 0 aliphatic heterocycles. The summed E-state index contributed by atoms with van der Waals surface area (Å²) in [7, 11) is 0. The molecule has 4 rings (SSSR count). The molecule has 0 unspecified atom stereocenters. The molecule has 0 aliphatic carbocycles. The Bertz CT molecular complexity index is 1190. The molecule has 160 valence electrons. The third kappa shape index (κ3) is 6.29. The van der Waals surface area contributed by atoms with Gasteiger partial charge in [-0.1, -0.05) is 83.6 Å². The molecule has 2 N–H and O–H groups in total. The van der Waals surface area contributed by atoms with Crippen molar-refractivity contribution in [2.24, 2.45) is 15.9 Å². The van der Waals surface area contributed by atoms with E-state index in [4.69, 9.17) is 15.0 Å². The highest BCUT2D eigenvalue weighted by molar-refractivity contribution is 8.13. The summed E-state index contributed by atoms with van der Waals surface area (Å²) < 4.78 is 10.9. The fourth-order valence-electron chi connectivity index (χ4n) is 2.76. The van der Waals surface area contributed by atoms with E-state index in [2.05, 4.69) is 20.3 Å². The maximum absolute atomic E-state index is 5.93. The number of ether oxygens (including phenoxy) is 1. The Morgan fingerprint density at radius 2 is 1.78 bits per heavy atom. The molecule has 1 aromatic heterocycles. The molecule has 0 aliphatic rings. The molecule has 0 atom stereocenters. The average molecular weight is 444 g/mol. The van der Waals surface area contributed by atoms with Gasteiger partial charge in [0.25, 0.3) is 5.89 Å². The molecule has 0 spiro atoms. The Morgan fingerprint density at radius 3 is 2.59 bits per heavy atom. The summed E-state index contributed by atoms with van der Waals surface area (Å²) in [4.78, 5) is 4.40. The summed E-state index contributed by atoms with van der Waals surface area (Å²) in [6.45, 7) is 0.201. The molecule has 0 saturated carbocycles. The summed E-state index contributed by atoms with van der Waals surface area (Å²) >= 11 is 1.44. The van der Waals surface area contributed by atoms with E-state index in [1.165, 1.54) is 17.3 Å². The van der Waals surface area contributed by atoms with Gasteiger partial charge in [0.1, 0.15) is 5.75 Å². The van der Waals surface area contributed by atoms with E-state index in [1.54, 1.807) is 6.21 Å². The van der Waals surface area contributed by atoms with Crippen LogP contribution in [0.2, 0.25) is 0 Å². The molecular weight excluding hydrogens is 422 g/mol. The van der Waals surface area contributed by atoms with Crippen molar-refractivity contribution in [3.63, 3.8) is 0 Å². The van der Waals surface area contributed by atoms with E-state index >= 15 is 0 Å². The lowest BCUT2D eigenvalue weighted by Gasteiger charge is -2.01. The molecule has 0 saturated heterocycles. The first-order valence-corrected chi connectivity index (χ1v) is 10.9. The number of thioether (sulfide) groups is 1. The largest absolute Gasteiger partial charge is 0.484 e. The second kappa shape index (κ2) is 10.9. The zero-order valence-electron chi connectivity index (χ0n) is 17.2. The number of benzene rings is 3. The van der Waals surface area contributed by atoms with Crippen LogP contribution in [0, 0.1) is 0 Å². The zero-order chi connectivity index (χ0) is 22.0. The van der Waals surface area contributed by atoms with Crippen LogP contribution in [0.15, 0.2) is 99.7 Å². The first-order valence-electron chi connectivity index (χ1n) is 9.90. The van der Waals surface area contributed by atoms with E-state index in [0.29, 0.717) is 16.9 Å². The fraction of sp³-hybridized carbons (Fsp3) is 0.0833. The highest BCUT2D eigenvalue weighted by atomic mass is 32.2. The summed E-state index contributed by atoms with van der Waals surface area (Å²) in [6, 6.07) is 27.2. The highest BCUT2D eigenvalue weighted by Crippen LogP contribution is 2.18. The lowest BCUT2D eigenvalue weighted by molar-refractivity contribution is 0.243. The van der Waals surface area contributed by atoms with Gasteiger partial charge < -0.3 is 15.0 Å². The lowest BCUT2D eigenvalue weighted by atomic mass is 10.1. The van der Waals surface area contributed by atoms with Crippen molar-refractivity contribution in [1.82, 2.24) is 10.1 Å². The first-order chi connectivity index (χ1) is 15.8. The van der Waals surface area contributed by atoms with Crippen molar-refractivity contribution < 1.29 is 9.26 Å². The van der Waals surface area contributed by atoms with Crippen molar-refractivity contribution in [2.75, 3.05) is 0 Å². The van der Waals surface area contributed by atoms with Crippen LogP contribution < -0.4 is 10.5 Å². The van der Waals surface area contributed by atoms with E-state index in [1.807, 2.05) is 84.9 Å². The minimum atomic E-state index is 0.201. The summed E-state index contributed by atoms with van der Waals surface area (Å²) in [5.41, 5.74) is 8.77. The molecule has 7 nitrogen and oxygen atoms in total. The van der Waals surface area contributed by atoms with Gasteiger partial charge in [-0.2, -0.15) is 10.1 Å². The van der Waals surface area contributed by atoms with Gasteiger partial charge in [0.2, 0.25) is 5.82 Å². The Morgan fingerprint density at radius 1 is 1.00 bits per heavy atom.